The van der Waals surface area contributed by atoms with E-state index < -0.39 is 23.5 Å². The van der Waals surface area contributed by atoms with Gasteiger partial charge < -0.3 is 0 Å². The van der Waals surface area contributed by atoms with E-state index in [9.17, 15) is 26.3 Å². The lowest BCUT2D eigenvalue weighted by molar-refractivity contribution is -0.138. The quantitative estimate of drug-likeness (QED) is 0.0709. The number of benzene rings is 4. The molecule has 4 aromatic rings. The van der Waals surface area contributed by atoms with Crippen molar-refractivity contribution in [3.63, 3.8) is 0 Å². The van der Waals surface area contributed by atoms with Crippen LogP contribution < -0.4 is 0 Å². The molecule has 0 unspecified atom stereocenters. The molecule has 0 radical (unpaired) electrons. The minimum absolute atomic E-state index is 0.245. The Labute approximate surface area is 286 Å². The Morgan fingerprint density at radius 2 is 0.980 bits per heavy atom. The van der Waals surface area contributed by atoms with Crippen LogP contribution in [0.2, 0.25) is 0 Å². The molecule has 49 heavy (non-hydrogen) atoms. The molecule has 0 fully saturated rings. The van der Waals surface area contributed by atoms with Gasteiger partial charge in [0.1, 0.15) is 0 Å². The first-order valence-corrected chi connectivity index (χ1v) is 17.5. The van der Waals surface area contributed by atoms with Crippen molar-refractivity contribution in [3.05, 3.63) is 129 Å². The summed E-state index contributed by atoms with van der Waals surface area (Å²) in [5.41, 5.74) is 6.59. The molecule has 0 heterocycles. The minimum Gasteiger partial charge on any atom is -0.166 e. The van der Waals surface area contributed by atoms with Crippen molar-refractivity contribution in [1.82, 2.24) is 0 Å². The zero-order valence-corrected chi connectivity index (χ0v) is 28.2. The third-order valence-corrected chi connectivity index (χ3v) is 9.76. The zero-order chi connectivity index (χ0) is 35.1. The van der Waals surface area contributed by atoms with Crippen LogP contribution in [0.25, 0.3) is 35.4 Å². The second kappa shape index (κ2) is 15.7. The van der Waals surface area contributed by atoms with Crippen molar-refractivity contribution >= 4 is 24.3 Å². The summed E-state index contributed by atoms with van der Waals surface area (Å²) in [6.07, 6.45) is 9.95. The van der Waals surface area contributed by atoms with Crippen molar-refractivity contribution in [2.45, 2.75) is 95.8 Å². The molecule has 0 N–H and O–H groups in total. The summed E-state index contributed by atoms with van der Waals surface area (Å²) >= 11 is 0. The van der Waals surface area contributed by atoms with Crippen LogP contribution in [-0.2, 0) is 17.8 Å². The topological polar surface area (TPSA) is 0 Å². The molecule has 1 aliphatic carbocycles. The van der Waals surface area contributed by atoms with Gasteiger partial charge in [0.05, 0.1) is 11.1 Å². The first-order chi connectivity index (χ1) is 23.5. The summed E-state index contributed by atoms with van der Waals surface area (Å²) in [6.45, 7) is 4.42. The number of rotatable bonds is 14. The molecule has 0 atom stereocenters. The summed E-state index contributed by atoms with van der Waals surface area (Å²) in [5.74, 6) is 0. The van der Waals surface area contributed by atoms with Crippen LogP contribution in [0.5, 0.6) is 0 Å². The average molecular weight is 675 g/mol. The molecule has 0 nitrogen and oxygen atoms in total. The van der Waals surface area contributed by atoms with Crippen molar-refractivity contribution in [1.29, 1.82) is 0 Å². The standard InChI is InChI=1S/C43H44F6/c1-3-5-7-11-29-41(30-12-8-6-4-2)38-14-10-9-13-37(38)39-33(21-15-31-17-25-35(26-18-31)42(44,45)46)23-24-34(40(39)41)22-16-32-19-27-36(28-20-32)43(47,48)49/h9-10,13-28H,3-8,11-12,29-30H2,1-2H3/b21-15+,22-16+. The van der Waals surface area contributed by atoms with Gasteiger partial charge in [-0.15, -0.1) is 0 Å². The van der Waals surface area contributed by atoms with E-state index in [0.29, 0.717) is 11.1 Å². The Bertz CT molecular complexity index is 1730. The van der Waals surface area contributed by atoms with Crippen molar-refractivity contribution in [2.75, 3.05) is 0 Å². The van der Waals surface area contributed by atoms with Gasteiger partial charge in [-0.25, -0.2) is 0 Å². The van der Waals surface area contributed by atoms with Gasteiger partial charge in [-0.3, -0.25) is 0 Å². The van der Waals surface area contributed by atoms with Gasteiger partial charge in [0.2, 0.25) is 0 Å². The van der Waals surface area contributed by atoms with Gasteiger partial charge in [-0.1, -0.05) is 150 Å². The SMILES string of the molecule is CCCCCCC1(CCCCCC)c2ccccc2-c2c(/C=C/c3ccc(C(F)(F)F)cc3)ccc(/C=C/c3ccc(C(F)(F)F)cc3)c21. The molecular formula is C43H44F6. The van der Waals surface area contributed by atoms with E-state index in [2.05, 4.69) is 44.2 Å². The number of unbranched alkanes of at least 4 members (excludes halogenated alkanes) is 6. The molecular weight excluding hydrogens is 630 g/mol. The van der Waals surface area contributed by atoms with Gasteiger partial charge in [0.25, 0.3) is 0 Å². The largest absolute Gasteiger partial charge is 0.416 e. The number of hydrogen-bond donors (Lipinski definition) is 0. The van der Waals surface area contributed by atoms with E-state index in [-0.39, 0.29) is 5.41 Å². The highest BCUT2D eigenvalue weighted by Gasteiger charge is 2.44. The summed E-state index contributed by atoms with van der Waals surface area (Å²) in [7, 11) is 0. The van der Waals surface area contributed by atoms with Gasteiger partial charge in [0, 0.05) is 5.41 Å². The van der Waals surface area contributed by atoms with Crippen molar-refractivity contribution < 1.29 is 26.3 Å². The summed E-state index contributed by atoms with van der Waals surface area (Å²) in [5, 5.41) is 0. The lowest BCUT2D eigenvalue weighted by Crippen LogP contribution is -2.26. The van der Waals surface area contributed by atoms with E-state index in [1.807, 2.05) is 30.4 Å². The van der Waals surface area contributed by atoms with Gasteiger partial charge >= 0.3 is 12.4 Å². The van der Waals surface area contributed by atoms with E-state index in [0.717, 1.165) is 105 Å². The number of halogens is 6. The Kier molecular flexibility index (Phi) is 11.6. The Balaban J connectivity index is 1.65. The molecule has 0 aliphatic heterocycles. The fourth-order valence-corrected chi connectivity index (χ4v) is 7.26. The zero-order valence-electron chi connectivity index (χ0n) is 28.2. The first-order valence-electron chi connectivity index (χ1n) is 17.5. The number of hydrogen-bond acceptors (Lipinski definition) is 0. The minimum atomic E-state index is -4.40. The molecule has 4 aromatic carbocycles. The molecule has 0 saturated heterocycles. The lowest BCUT2D eigenvalue weighted by atomic mass is 9.69. The third kappa shape index (κ3) is 8.40. The lowest BCUT2D eigenvalue weighted by Gasteiger charge is -2.34. The smallest absolute Gasteiger partial charge is 0.166 e. The molecule has 0 amide bonds. The molecule has 6 heteroatoms. The molecule has 5 rings (SSSR count). The second-order valence-corrected chi connectivity index (χ2v) is 13.1. The normalized spacial score (nSPS) is 14.1. The fourth-order valence-electron chi connectivity index (χ4n) is 7.26. The van der Waals surface area contributed by atoms with Crippen molar-refractivity contribution in [3.8, 4) is 11.1 Å². The van der Waals surface area contributed by atoms with Crippen LogP contribution in [0.15, 0.2) is 84.9 Å². The maximum atomic E-state index is 13.2. The monoisotopic (exact) mass is 674 g/mol. The van der Waals surface area contributed by atoms with Crippen LogP contribution in [0, 0.1) is 0 Å². The van der Waals surface area contributed by atoms with Crippen LogP contribution in [0.3, 0.4) is 0 Å². The van der Waals surface area contributed by atoms with Crippen LogP contribution in [0.1, 0.15) is 123 Å². The molecule has 0 aromatic heterocycles. The van der Waals surface area contributed by atoms with E-state index in [1.54, 1.807) is 0 Å². The van der Waals surface area contributed by atoms with Crippen LogP contribution in [0.4, 0.5) is 26.3 Å². The highest BCUT2D eigenvalue weighted by molar-refractivity contribution is 5.93. The van der Waals surface area contributed by atoms with Crippen molar-refractivity contribution in [2.24, 2.45) is 0 Å². The fraction of sp³-hybridized carbons (Fsp3) is 0.349. The Morgan fingerprint density at radius 1 is 0.510 bits per heavy atom. The summed E-state index contributed by atoms with van der Waals surface area (Å²) in [4.78, 5) is 0. The predicted octanol–water partition coefficient (Wildman–Crippen LogP) is 14.3. The Hall–Kier alpha value is -4.06. The van der Waals surface area contributed by atoms with Gasteiger partial charge in [-0.05, 0) is 81.6 Å². The summed E-state index contributed by atoms with van der Waals surface area (Å²) in [6, 6.07) is 23.1. The maximum Gasteiger partial charge on any atom is 0.416 e. The van der Waals surface area contributed by atoms with Gasteiger partial charge in [0.15, 0.2) is 0 Å². The first kappa shape index (κ1) is 36.2. The molecule has 0 saturated carbocycles. The molecule has 0 spiro atoms. The number of alkyl halides is 6. The maximum absolute atomic E-state index is 13.2. The Morgan fingerprint density at radius 3 is 1.47 bits per heavy atom. The van der Waals surface area contributed by atoms with E-state index >= 15 is 0 Å². The molecule has 258 valence electrons. The van der Waals surface area contributed by atoms with E-state index in [4.69, 9.17) is 0 Å². The predicted molar refractivity (Wildman–Crippen MR) is 191 cm³/mol. The number of fused-ring (bicyclic) bond motifs is 3. The summed E-state index contributed by atoms with van der Waals surface area (Å²) < 4.78 is 79.3. The second-order valence-electron chi connectivity index (χ2n) is 13.1. The highest BCUT2D eigenvalue weighted by Crippen LogP contribution is 2.57. The third-order valence-electron chi connectivity index (χ3n) is 9.76. The molecule has 1 aliphatic rings. The van der Waals surface area contributed by atoms with Crippen LogP contribution >= 0.6 is 0 Å². The van der Waals surface area contributed by atoms with E-state index in [1.165, 1.54) is 41.0 Å². The highest BCUT2D eigenvalue weighted by atomic mass is 19.4. The molecule has 0 bridgehead atoms. The van der Waals surface area contributed by atoms with Gasteiger partial charge in [-0.2, -0.15) is 26.3 Å². The van der Waals surface area contributed by atoms with Crippen LogP contribution in [-0.4, -0.2) is 0 Å². The average Bonchev–Trinajstić information content (AvgIpc) is 3.37.